The van der Waals surface area contributed by atoms with E-state index in [-0.39, 0.29) is 18.3 Å². The molecule has 1 unspecified atom stereocenters. The Hall–Kier alpha value is -1.58. The van der Waals surface area contributed by atoms with Crippen molar-refractivity contribution >= 4 is 29.1 Å². The number of rotatable bonds is 5. The average molecular weight is 333 g/mol. The maximum Gasteiger partial charge on any atom is 0.222 e. The van der Waals surface area contributed by atoms with Crippen molar-refractivity contribution in [1.29, 1.82) is 0 Å². The summed E-state index contributed by atoms with van der Waals surface area (Å²) in [4.78, 5) is 14.1. The lowest BCUT2D eigenvalue weighted by molar-refractivity contribution is -0.130. The zero-order chi connectivity index (χ0) is 15.4. The first kappa shape index (κ1) is 17.8. The molecule has 0 saturated carbocycles. The van der Waals surface area contributed by atoms with Crippen molar-refractivity contribution in [2.24, 2.45) is 5.92 Å². The Kier molecular flexibility index (Phi) is 6.43. The third-order valence-corrected chi connectivity index (χ3v) is 4.59. The van der Waals surface area contributed by atoms with E-state index in [1.807, 2.05) is 11.9 Å². The zero-order valence-electron chi connectivity index (χ0n) is 13.6. The van der Waals surface area contributed by atoms with Crippen molar-refractivity contribution in [3.8, 4) is 0 Å². The van der Waals surface area contributed by atoms with Crippen LogP contribution in [-0.2, 0) is 11.3 Å². The molecular formula is C19H25ClN2O. The number of fused-ring (bicyclic) bond motifs is 1. The Morgan fingerprint density at radius 1 is 1.22 bits per heavy atom. The first-order valence-corrected chi connectivity index (χ1v) is 8.15. The molecule has 0 aromatic heterocycles. The highest BCUT2D eigenvalue weighted by Gasteiger charge is 2.17. The van der Waals surface area contributed by atoms with E-state index in [1.54, 1.807) is 0 Å². The normalized spacial score (nSPS) is 17.0. The smallest absolute Gasteiger partial charge is 0.222 e. The van der Waals surface area contributed by atoms with Gasteiger partial charge in [0.05, 0.1) is 0 Å². The highest BCUT2D eigenvalue weighted by molar-refractivity contribution is 5.85. The molecule has 2 aromatic rings. The van der Waals surface area contributed by atoms with Crippen molar-refractivity contribution in [2.75, 3.05) is 20.1 Å². The topological polar surface area (TPSA) is 32.3 Å². The highest BCUT2D eigenvalue weighted by Crippen LogP contribution is 2.18. The van der Waals surface area contributed by atoms with Gasteiger partial charge < -0.3 is 10.2 Å². The fraction of sp³-hybridized carbons (Fsp3) is 0.421. The Morgan fingerprint density at radius 3 is 2.74 bits per heavy atom. The van der Waals surface area contributed by atoms with Crippen LogP contribution in [0.2, 0.25) is 0 Å². The molecule has 1 aliphatic rings. The summed E-state index contributed by atoms with van der Waals surface area (Å²) in [5.74, 6) is 0.929. The molecule has 1 atom stereocenters. The van der Waals surface area contributed by atoms with Gasteiger partial charge in [0.2, 0.25) is 5.91 Å². The minimum atomic E-state index is 0. The van der Waals surface area contributed by atoms with E-state index in [0.29, 0.717) is 18.9 Å². The number of hydrogen-bond acceptors (Lipinski definition) is 2. The Balaban J connectivity index is 0.00000192. The Bertz CT molecular complexity index is 653. The van der Waals surface area contributed by atoms with Gasteiger partial charge in [-0.3, -0.25) is 4.79 Å². The lowest BCUT2D eigenvalue weighted by atomic mass is 10.0. The summed E-state index contributed by atoms with van der Waals surface area (Å²) in [6.45, 7) is 2.86. The van der Waals surface area contributed by atoms with Crippen molar-refractivity contribution in [3.63, 3.8) is 0 Å². The molecular weight excluding hydrogens is 308 g/mol. The van der Waals surface area contributed by atoms with Crippen LogP contribution in [0.25, 0.3) is 10.8 Å². The van der Waals surface area contributed by atoms with Gasteiger partial charge in [-0.25, -0.2) is 0 Å². The third-order valence-electron chi connectivity index (χ3n) is 4.59. The van der Waals surface area contributed by atoms with Gasteiger partial charge in [-0.15, -0.1) is 12.4 Å². The fourth-order valence-electron chi connectivity index (χ4n) is 3.18. The number of carbonyl (C=O) groups excluding carboxylic acids is 1. The Morgan fingerprint density at radius 2 is 2.00 bits per heavy atom. The van der Waals surface area contributed by atoms with E-state index in [1.165, 1.54) is 22.8 Å². The molecule has 1 heterocycles. The number of benzene rings is 2. The number of halogens is 1. The quantitative estimate of drug-likeness (QED) is 0.907. The summed E-state index contributed by atoms with van der Waals surface area (Å²) in [7, 11) is 1.91. The molecule has 3 rings (SSSR count). The molecule has 0 aliphatic carbocycles. The summed E-state index contributed by atoms with van der Waals surface area (Å²) in [6.07, 6.45) is 2.88. The van der Waals surface area contributed by atoms with Crippen molar-refractivity contribution in [3.05, 3.63) is 48.0 Å². The van der Waals surface area contributed by atoms with Gasteiger partial charge in [0.1, 0.15) is 0 Å². The first-order chi connectivity index (χ1) is 10.7. The number of nitrogens with one attached hydrogen (secondary N) is 1. The molecule has 1 amide bonds. The van der Waals surface area contributed by atoms with Gasteiger partial charge in [-0.1, -0.05) is 36.4 Å². The summed E-state index contributed by atoms with van der Waals surface area (Å²) >= 11 is 0. The molecule has 2 aromatic carbocycles. The van der Waals surface area contributed by atoms with Crippen molar-refractivity contribution in [1.82, 2.24) is 10.2 Å². The molecule has 0 bridgehead atoms. The molecule has 1 saturated heterocycles. The molecule has 1 aliphatic heterocycles. The van der Waals surface area contributed by atoms with Gasteiger partial charge in [-0.05, 0) is 54.3 Å². The Labute approximate surface area is 144 Å². The second-order valence-corrected chi connectivity index (χ2v) is 6.33. The van der Waals surface area contributed by atoms with Gasteiger partial charge in [0.15, 0.2) is 0 Å². The highest BCUT2D eigenvalue weighted by atomic mass is 35.5. The summed E-state index contributed by atoms with van der Waals surface area (Å²) in [5.41, 5.74) is 1.19. The summed E-state index contributed by atoms with van der Waals surface area (Å²) < 4.78 is 0. The van der Waals surface area contributed by atoms with E-state index in [0.717, 1.165) is 19.5 Å². The van der Waals surface area contributed by atoms with Crippen LogP contribution in [0.15, 0.2) is 42.5 Å². The average Bonchev–Trinajstić information content (AvgIpc) is 3.06. The predicted molar refractivity (Wildman–Crippen MR) is 97.9 cm³/mol. The SMILES string of the molecule is CN(Cc1ccc2ccccc2c1)C(=O)CCC1CCNC1.Cl. The first-order valence-electron chi connectivity index (χ1n) is 8.15. The third kappa shape index (κ3) is 4.69. The monoisotopic (exact) mass is 332 g/mol. The van der Waals surface area contributed by atoms with E-state index in [9.17, 15) is 4.79 Å². The van der Waals surface area contributed by atoms with Gasteiger partial charge in [-0.2, -0.15) is 0 Å². The largest absolute Gasteiger partial charge is 0.341 e. The van der Waals surface area contributed by atoms with Crippen LogP contribution >= 0.6 is 12.4 Å². The van der Waals surface area contributed by atoms with Crippen LogP contribution in [0.1, 0.15) is 24.8 Å². The summed E-state index contributed by atoms with van der Waals surface area (Å²) in [6, 6.07) is 14.8. The van der Waals surface area contributed by atoms with Crippen LogP contribution in [0.4, 0.5) is 0 Å². The van der Waals surface area contributed by atoms with E-state index < -0.39 is 0 Å². The van der Waals surface area contributed by atoms with E-state index >= 15 is 0 Å². The number of nitrogens with zero attached hydrogens (tertiary/aromatic N) is 1. The minimum Gasteiger partial charge on any atom is -0.341 e. The lowest BCUT2D eigenvalue weighted by Gasteiger charge is -2.18. The van der Waals surface area contributed by atoms with Crippen molar-refractivity contribution < 1.29 is 4.79 Å². The van der Waals surface area contributed by atoms with Gasteiger partial charge in [0.25, 0.3) is 0 Å². The van der Waals surface area contributed by atoms with Gasteiger partial charge >= 0.3 is 0 Å². The second kappa shape index (κ2) is 8.32. The number of carbonyl (C=O) groups is 1. The van der Waals surface area contributed by atoms with Crippen LogP contribution in [0.3, 0.4) is 0 Å². The van der Waals surface area contributed by atoms with E-state index in [4.69, 9.17) is 0 Å². The number of hydrogen-bond donors (Lipinski definition) is 1. The second-order valence-electron chi connectivity index (χ2n) is 6.33. The molecule has 1 N–H and O–H groups in total. The molecule has 0 radical (unpaired) electrons. The maximum atomic E-state index is 12.3. The van der Waals surface area contributed by atoms with Crippen molar-refractivity contribution in [2.45, 2.75) is 25.8 Å². The van der Waals surface area contributed by atoms with E-state index in [2.05, 4.69) is 47.8 Å². The number of amides is 1. The fourth-order valence-corrected chi connectivity index (χ4v) is 3.18. The minimum absolute atomic E-state index is 0. The predicted octanol–water partition coefficient (Wildman–Crippen LogP) is 3.61. The lowest BCUT2D eigenvalue weighted by Crippen LogP contribution is -2.26. The molecule has 23 heavy (non-hydrogen) atoms. The van der Waals surface area contributed by atoms with Crippen LogP contribution in [-0.4, -0.2) is 30.9 Å². The molecule has 3 nitrogen and oxygen atoms in total. The standard InChI is InChI=1S/C19H24N2O.ClH/c1-21(19(22)9-7-15-10-11-20-13-15)14-16-6-8-17-4-2-3-5-18(17)12-16;/h2-6,8,12,15,20H,7,9-11,13-14H2,1H3;1H. The molecule has 1 fully saturated rings. The van der Waals surface area contributed by atoms with Gasteiger partial charge in [0, 0.05) is 20.0 Å². The van der Waals surface area contributed by atoms with Crippen LogP contribution in [0.5, 0.6) is 0 Å². The molecule has 4 heteroatoms. The molecule has 0 spiro atoms. The molecule has 124 valence electrons. The van der Waals surface area contributed by atoms with Crippen LogP contribution < -0.4 is 5.32 Å². The maximum absolute atomic E-state index is 12.3. The zero-order valence-corrected chi connectivity index (χ0v) is 14.4. The summed E-state index contributed by atoms with van der Waals surface area (Å²) in [5, 5.41) is 5.84. The van der Waals surface area contributed by atoms with Crippen LogP contribution in [0, 0.1) is 5.92 Å².